The number of aromatic nitrogens is 2. The summed E-state index contributed by atoms with van der Waals surface area (Å²) in [5.74, 6) is 0.327. The van der Waals surface area contributed by atoms with Crippen LogP contribution in [0.25, 0.3) is 0 Å². The second-order valence-electron chi connectivity index (χ2n) is 1.86. The number of nitrogens with zero attached hydrogens (tertiary/aromatic N) is 3. The Morgan fingerprint density at radius 3 is 2.91 bits per heavy atom. The lowest BCUT2D eigenvalue weighted by Gasteiger charge is -1.96. The summed E-state index contributed by atoms with van der Waals surface area (Å²) in [6.07, 6.45) is 1.29. The Morgan fingerprint density at radius 1 is 1.73 bits per heavy atom. The molecule has 0 radical (unpaired) electrons. The monoisotopic (exact) mass is 150 g/mol. The van der Waals surface area contributed by atoms with Crippen LogP contribution in [0.1, 0.15) is 11.4 Å². The van der Waals surface area contributed by atoms with Crippen molar-refractivity contribution in [1.29, 1.82) is 5.26 Å². The highest BCUT2D eigenvalue weighted by atomic mass is 16.3. The first-order chi connectivity index (χ1) is 5.27. The Kier molecular flexibility index (Phi) is 1.99. The predicted octanol–water partition coefficient (Wildman–Crippen LogP) is -0.577. The number of nitrogens with two attached hydrogens (primary N) is 1. The molecule has 3 N–H and O–H groups in total. The maximum Gasteiger partial charge on any atom is 0.156 e. The highest BCUT2D eigenvalue weighted by molar-refractivity contribution is 5.46. The van der Waals surface area contributed by atoms with E-state index in [2.05, 4.69) is 9.97 Å². The normalized spacial score (nSPS) is 9.09. The van der Waals surface area contributed by atoms with Crippen LogP contribution in [0.2, 0.25) is 0 Å². The number of aliphatic hydroxyl groups is 1. The Labute approximate surface area is 63.1 Å². The molecule has 11 heavy (non-hydrogen) atoms. The number of aliphatic hydroxyl groups excluding tert-OH is 1. The number of hydrogen-bond donors (Lipinski definition) is 2. The summed E-state index contributed by atoms with van der Waals surface area (Å²) in [6.45, 7) is -0.268. The molecule has 0 atom stereocenters. The van der Waals surface area contributed by atoms with E-state index in [9.17, 15) is 0 Å². The Balaban J connectivity index is 3.12. The van der Waals surface area contributed by atoms with Crippen molar-refractivity contribution in [3.63, 3.8) is 0 Å². The second-order valence-corrected chi connectivity index (χ2v) is 1.86. The summed E-state index contributed by atoms with van der Waals surface area (Å²) in [6, 6.07) is 1.81. The van der Waals surface area contributed by atoms with Crippen molar-refractivity contribution in [2.45, 2.75) is 6.61 Å². The van der Waals surface area contributed by atoms with Gasteiger partial charge in [0.2, 0.25) is 0 Å². The minimum Gasteiger partial charge on any atom is -0.388 e. The van der Waals surface area contributed by atoms with Crippen molar-refractivity contribution in [3.8, 4) is 6.07 Å². The first-order valence-corrected chi connectivity index (χ1v) is 2.90. The highest BCUT2D eigenvalue weighted by Crippen LogP contribution is 2.04. The van der Waals surface area contributed by atoms with E-state index in [1.807, 2.05) is 6.07 Å². The molecule has 0 amide bonds. The number of hydrogen-bond acceptors (Lipinski definition) is 5. The fourth-order valence-electron chi connectivity index (χ4n) is 0.596. The smallest absolute Gasteiger partial charge is 0.156 e. The molecular weight excluding hydrogens is 144 g/mol. The van der Waals surface area contributed by atoms with Crippen LogP contribution in [-0.4, -0.2) is 15.1 Å². The van der Waals surface area contributed by atoms with Gasteiger partial charge in [-0.15, -0.1) is 0 Å². The average Bonchev–Trinajstić information content (AvgIpc) is 2.04. The summed E-state index contributed by atoms with van der Waals surface area (Å²) in [7, 11) is 0. The van der Waals surface area contributed by atoms with Crippen molar-refractivity contribution < 1.29 is 5.11 Å². The molecule has 0 spiro atoms. The predicted molar refractivity (Wildman–Crippen MR) is 37.1 cm³/mol. The quantitative estimate of drug-likeness (QED) is 0.558. The van der Waals surface area contributed by atoms with Crippen LogP contribution in [0.3, 0.4) is 0 Å². The van der Waals surface area contributed by atoms with Crippen LogP contribution in [-0.2, 0) is 6.61 Å². The van der Waals surface area contributed by atoms with E-state index in [0.29, 0.717) is 0 Å². The third kappa shape index (κ3) is 1.42. The van der Waals surface area contributed by atoms with E-state index < -0.39 is 0 Å². The van der Waals surface area contributed by atoms with Gasteiger partial charge in [-0.1, -0.05) is 0 Å². The standard InChI is InChI=1S/C6H6N4O/c7-1-4-2-9-5(3-11)10-6(4)8/h2,11H,3H2,(H2,8,9,10). The summed E-state index contributed by atoms with van der Waals surface area (Å²) in [4.78, 5) is 7.32. The van der Waals surface area contributed by atoms with Crippen molar-refractivity contribution >= 4 is 5.82 Å². The van der Waals surface area contributed by atoms with E-state index in [1.165, 1.54) is 6.20 Å². The van der Waals surface area contributed by atoms with Gasteiger partial charge in [0.25, 0.3) is 0 Å². The fourth-order valence-corrected chi connectivity index (χ4v) is 0.596. The third-order valence-electron chi connectivity index (χ3n) is 1.13. The zero-order valence-electron chi connectivity index (χ0n) is 5.65. The molecule has 1 aromatic rings. The molecule has 1 heterocycles. The topological polar surface area (TPSA) is 95.8 Å². The maximum absolute atomic E-state index is 8.56. The number of nitriles is 1. The third-order valence-corrected chi connectivity index (χ3v) is 1.13. The van der Waals surface area contributed by atoms with Crippen LogP contribution in [0.4, 0.5) is 5.82 Å². The molecule has 0 aromatic carbocycles. The highest BCUT2D eigenvalue weighted by Gasteiger charge is 2.00. The van der Waals surface area contributed by atoms with E-state index in [1.54, 1.807) is 0 Å². The molecule has 1 rings (SSSR count). The lowest BCUT2D eigenvalue weighted by Crippen LogP contribution is -2.01. The zero-order valence-corrected chi connectivity index (χ0v) is 5.65. The fraction of sp³-hybridized carbons (Fsp3) is 0.167. The molecule has 56 valence electrons. The largest absolute Gasteiger partial charge is 0.388 e. The number of rotatable bonds is 1. The van der Waals surface area contributed by atoms with Gasteiger partial charge in [-0.25, -0.2) is 9.97 Å². The summed E-state index contributed by atoms with van der Waals surface area (Å²) >= 11 is 0. The van der Waals surface area contributed by atoms with E-state index >= 15 is 0 Å². The molecule has 1 aromatic heterocycles. The van der Waals surface area contributed by atoms with Gasteiger partial charge >= 0.3 is 0 Å². The van der Waals surface area contributed by atoms with E-state index in [0.717, 1.165) is 0 Å². The Hall–Kier alpha value is -1.67. The number of anilines is 1. The minimum atomic E-state index is -0.268. The van der Waals surface area contributed by atoms with Crippen molar-refractivity contribution in [3.05, 3.63) is 17.6 Å². The van der Waals surface area contributed by atoms with Crippen molar-refractivity contribution in [2.24, 2.45) is 0 Å². The van der Waals surface area contributed by atoms with Crippen LogP contribution in [0.15, 0.2) is 6.20 Å². The SMILES string of the molecule is N#Cc1cnc(CO)nc1N. The summed E-state index contributed by atoms with van der Waals surface area (Å²) in [5, 5.41) is 17.0. The minimum absolute atomic E-state index is 0.103. The van der Waals surface area contributed by atoms with Gasteiger partial charge in [-0.2, -0.15) is 5.26 Å². The molecule has 0 unspecified atom stereocenters. The lowest BCUT2D eigenvalue weighted by molar-refractivity contribution is 0.271. The van der Waals surface area contributed by atoms with Gasteiger partial charge in [0, 0.05) is 0 Å². The summed E-state index contributed by atoms with van der Waals surface area (Å²) in [5.41, 5.74) is 5.55. The summed E-state index contributed by atoms with van der Waals surface area (Å²) < 4.78 is 0. The van der Waals surface area contributed by atoms with Crippen molar-refractivity contribution in [1.82, 2.24) is 9.97 Å². The number of nitrogen functional groups attached to an aromatic ring is 1. The molecule has 0 saturated heterocycles. The van der Waals surface area contributed by atoms with Crippen LogP contribution in [0.5, 0.6) is 0 Å². The Morgan fingerprint density at radius 2 is 2.45 bits per heavy atom. The Bertz CT molecular complexity index is 304. The van der Waals surface area contributed by atoms with Crippen LogP contribution >= 0.6 is 0 Å². The molecule has 0 aliphatic heterocycles. The second kappa shape index (κ2) is 2.94. The van der Waals surface area contributed by atoms with Gasteiger partial charge < -0.3 is 10.8 Å². The van der Waals surface area contributed by atoms with Crippen LogP contribution < -0.4 is 5.73 Å². The van der Waals surface area contributed by atoms with Gasteiger partial charge in [-0.3, -0.25) is 0 Å². The maximum atomic E-state index is 8.56. The molecule has 5 nitrogen and oxygen atoms in total. The average molecular weight is 150 g/mol. The molecule has 0 saturated carbocycles. The van der Waals surface area contributed by atoms with E-state index in [4.69, 9.17) is 16.1 Å². The van der Waals surface area contributed by atoms with E-state index in [-0.39, 0.29) is 23.8 Å². The van der Waals surface area contributed by atoms with Gasteiger partial charge in [0.15, 0.2) is 5.82 Å². The lowest BCUT2D eigenvalue weighted by atomic mass is 10.3. The molecular formula is C6H6N4O. The molecule has 0 fully saturated rings. The molecule has 5 heteroatoms. The van der Waals surface area contributed by atoms with Gasteiger partial charge in [0.1, 0.15) is 24.1 Å². The zero-order chi connectivity index (χ0) is 8.27. The first kappa shape index (κ1) is 7.44. The molecule has 0 aliphatic carbocycles. The molecule has 0 bridgehead atoms. The van der Waals surface area contributed by atoms with Crippen LogP contribution in [0, 0.1) is 11.3 Å². The molecule has 0 aliphatic rings. The first-order valence-electron chi connectivity index (χ1n) is 2.90. The van der Waals surface area contributed by atoms with Gasteiger partial charge in [0.05, 0.1) is 6.20 Å². The van der Waals surface area contributed by atoms with Crippen molar-refractivity contribution in [2.75, 3.05) is 5.73 Å². The van der Waals surface area contributed by atoms with Gasteiger partial charge in [-0.05, 0) is 0 Å².